The molecule has 0 aliphatic heterocycles. The van der Waals surface area contributed by atoms with Crippen molar-refractivity contribution in [3.63, 3.8) is 0 Å². The van der Waals surface area contributed by atoms with Gasteiger partial charge in [-0.1, -0.05) is 6.07 Å². The van der Waals surface area contributed by atoms with Gasteiger partial charge in [-0.05, 0) is 44.7 Å². The van der Waals surface area contributed by atoms with Gasteiger partial charge in [0.15, 0.2) is 0 Å². The molecule has 1 aliphatic carbocycles. The number of fused-ring (bicyclic) bond motifs is 1. The molecule has 0 saturated heterocycles. The van der Waals surface area contributed by atoms with Crippen LogP contribution in [0.3, 0.4) is 0 Å². The highest BCUT2D eigenvalue weighted by atomic mass is 16.2. The molecule has 1 atom stereocenters. The third kappa shape index (κ3) is 3.32. The minimum absolute atomic E-state index is 0.174. The van der Waals surface area contributed by atoms with Crippen LogP contribution < -0.4 is 5.32 Å². The maximum Gasteiger partial charge on any atom is 0.236 e. The summed E-state index contributed by atoms with van der Waals surface area (Å²) in [5.41, 5.74) is 2.45. The van der Waals surface area contributed by atoms with Gasteiger partial charge in [0.1, 0.15) is 0 Å². The molecular formula is C15H23N3O. The number of nitrogens with zero attached hydrogens (tertiary/aromatic N) is 2. The fraction of sp³-hybridized carbons (Fsp3) is 0.600. The number of aromatic nitrogens is 1. The number of aryl methyl sites for hydroxylation is 1. The van der Waals surface area contributed by atoms with E-state index in [2.05, 4.69) is 16.4 Å². The van der Waals surface area contributed by atoms with Crippen molar-refractivity contribution < 1.29 is 4.79 Å². The topological polar surface area (TPSA) is 45.2 Å². The summed E-state index contributed by atoms with van der Waals surface area (Å²) in [6, 6.07) is 4.36. The Bertz CT molecular complexity index is 429. The van der Waals surface area contributed by atoms with Crippen LogP contribution in [0.2, 0.25) is 0 Å². The molecular weight excluding hydrogens is 238 g/mol. The first kappa shape index (κ1) is 14.0. The van der Waals surface area contributed by atoms with Gasteiger partial charge in [-0.25, -0.2) is 0 Å². The maximum absolute atomic E-state index is 12.0. The lowest BCUT2D eigenvalue weighted by Gasteiger charge is -2.26. The Balaban J connectivity index is 1.96. The van der Waals surface area contributed by atoms with Gasteiger partial charge in [0.05, 0.1) is 18.3 Å². The van der Waals surface area contributed by atoms with Crippen LogP contribution in [-0.2, 0) is 11.2 Å². The lowest BCUT2D eigenvalue weighted by atomic mass is 9.92. The van der Waals surface area contributed by atoms with Crippen molar-refractivity contribution in [1.82, 2.24) is 15.2 Å². The minimum Gasteiger partial charge on any atom is -0.342 e. The molecule has 1 aliphatic rings. The lowest BCUT2D eigenvalue weighted by molar-refractivity contribution is -0.130. The van der Waals surface area contributed by atoms with Crippen LogP contribution in [0.4, 0.5) is 0 Å². The molecule has 1 aromatic heterocycles. The highest BCUT2D eigenvalue weighted by Gasteiger charge is 2.22. The van der Waals surface area contributed by atoms with Crippen molar-refractivity contribution in [2.45, 2.75) is 39.2 Å². The largest absolute Gasteiger partial charge is 0.342 e. The van der Waals surface area contributed by atoms with E-state index >= 15 is 0 Å². The Morgan fingerprint density at radius 3 is 3.00 bits per heavy atom. The second-order valence-corrected chi connectivity index (χ2v) is 4.94. The van der Waals surface area contributed by atoms with Crippen molar-refractivity contribution in [2.24, 2.45) is 0 Å². The molecule has 0 radical (unpaired) electrons. The quantitative estimate of drug-likeness (QED) is 0.880. The zero-order chi connectivity index (χ0) is 13.7. The average Bonchev–Trinajstić information content (AvgIpc) is 2.46. The summed E-state index contributed by atoms with van der Waals surface area (Å²) >= 11 is 0. The van der Waals surface area contributed by atoms with Crippen LogP contribution in [0.5, 0.6) is 0 Å². The summed E-state index contributed by atoms with van der Waals surface area (Å²) in [5.74, 6) is 0.174. The minimum atomic E-state index is 0.174. The normalized spacial score (nSPS) is 17.9. The molecule has 19 heavy (non-hydrogen) atoms. The van der Waals surface area contributed by atoms with E-state index in [-0.39, 0.29) is 11.9 Å². The second kappa shape index (κ2) is 6.66. The van der Waals surface area contributed by atoms with Crippen molar-refractivity contribution in [2.75, 3.05) is 19.6 Å². The summed E-state index contributed by atoms with van der Waals surface area (Å²) in [6.07, 6.45) is 5.17. The highest BCUT2D eigenvalue weighted by Crippen LogP contribution is 2.27. The number of rotatable bonds is 5. The van der Waals surface area contributed by atoms with E-state index in [1.54, 1.807) is 0 Å². The molecule has 4 nitrogen and oxygen atoms in total. The van der Waals surface area contributed by atoms with Gasteiger partial charge in [0, 0.05) is 19.3 Å². The first-order valence-corrected chi connectivity index (χ1v) is 7.21. The summed E-state index contributed by atoms with van der Waals surface area (Å²) in [4.78, 5) is 18.3. The van der Waals surface area contributed by atoms with Crippen molar-refractivity contribution in [3.05, 3.63) is 29.6 Å². The molecule has 0 bridgehead atoms. The van der Waals surface area contributed by atoms with Crippen molar-refractivity contribution in [3.8, 4) is 0 Å². The predicted molar refractivity (Wildman–Crippen MR) is 75.8 cm³/mol. The predicted octanol–water partition coefficient (Wildman–Crippen LogP) is 1.92. The zero-order valence-corrected chi connectivity index (χ0v) is 11.9. The first-order chi connectivity index (χ1) is 9.26. The Morgan fingerprint density at radius 2 is 2.26 bits per heavy atom. The highest BCUT2D eigenvalue weighted by molar-refractivity contribution is 5.78. The van der Waals surface area contributed by atoms with Crippen LogP contribution in [0, 0.1) is 0 Å². The van der Waals surface area contributed by atoms with Crippen LogP contribution in [0.25, 0.3) is 0 Å². The molecule has 104 valence electrons. The third-order valence-electron chi connectivity index (χ3n) is 3.81. The standard InChI is InChI=1S/C15H23N3O/c1-3-18(4-2)14(19)11-17-13-9-5-7-12-8-6-10-16-15(12)13/h6,8,10,13,17H,3-5,7,9,11H2,1-2H3. The molecule has 0 saturated carbocycles. The number of pyridine rings is 1. The monoisotopic (exact) mass is 261 g/mol. The fourth-order valence-electron chi connectivity index (χ4n) is 2.71. The molecule has 0 fully saturated rings. The van der Waals surface area contributed by atoms with E-state index in [1.165, 1.54) is 5.56 Å². The van der Waals surface area contributed by atoms with Crippen LogP contribution in [0.1, 0.15) is 44.0 Å². The number of likely N-dealkylation sites (N-methyl/N-ethyl adjacent to an activating group) is 1. The summed E-state index contributed by atoms with van der Waals surface area (Å²) < 4.78 is 0. The Hall–Kier alpha value is -1.42. The van der Waals surface area contributed by atoms with Gasteiger partial charge in [-0.2, -0.15) is 0 Å². The molecule has 0 spiro atoms. The number of hydrogen-bond donors (Lipinski definition) is 1. The zero-order valence-electron chi connectivity index (χ0n) is 11.9. The number of amides is 1. The smallest absolute Gasteiger partial charge is 0.236 e. The Kier molecular flexibility index (Phi) is 4.91. The molecule has 4 heteroatoms. The SMILES string of the molecule is CCN(CC)C(=O)CNC1CCCc2cccnc21. The average molecular weight is 261 g/mol. The van der Waals surface area contributed by atoms with E-state index in [1.807, 2.05) is 31.0 Å². The van der Waals surface area contributed by atoms with Crippen molar-refractivity contribution in [1.29, 1.82) is 0 Å². The van der Waals surface area contributed by atoms with E-state index in [9.17, 15) is 4.79 Å². The molecule has 1 heterocycles. The lowest BCUT2D eigenvalue weighted by Crippen LogP contribution is -2.39. The van der Waals surface area contributed by atoms with Gasteiger partial charge >= 0.3 is 0 Å². The Labute approximate surface area is 115 Å². The van der Waals surface area contributed by atoms with Crippen LogP contribution in [0.15, 0.2) is 18.3 Å². The molecule has 1 amide bonds. The van der Waals surface area contributed by atoms with Gasteiger partial charge < -0.3 is 10.2 Å². The van der Waals surface area contributed by atoms with Gasteiger partial charge in [0.2, 0.25) is 5.91 Å². The van der Waals surface area contributed by atoms with E-state index in [0.29, 0.717) is 6.54 Å². The van der Waals surface area contributed by atoms with E-state index in [4.69, 9.17) is 0 Å². The van der Waals surface area contributed by atoms with Crippen LogP contribution in [-0.4, -0.2) is 35.4 Å². The molecule has 2 rings (SSSR count). The van der Waals surface area contributed by atoms with E-state index in [0.717, 1.165) is 38.0 Å². The van der Waals surface area contributed by atoms with Crippen molar-refractivity contribution >= 4 is 5.91 Å². The maximum atomic E-state index is 12.0. The number of carbonyl (C=O) groups excluding carboxylic acids is 1. The second-order valence-electron chi connectivity index (χ2n) is 4.94. The summed E-state index contributed by atoms with van der Waals surface area (Å²) in [6.45, 7) is 5.98. The van der Waals surface area contributed by atoms with Gasteiger partial charge in [0.25, 0.3) is 0 Å². The van der Waals surface area contributed by atoms with Gasteiger partial charge in [-0.15, -0.1) is 0 Å². The van der Waals surface area contributed by atoms with E-state index < -0.39 is 0 Å². The molecule has 1 aromatic rings. The fourth-order valence-corrected chi connectivity index (χ4v) is 2.71. The molecule has 1 unspecified atom stereocenters. The third-order valence-corrected chi connectivity index (χ3v) is 3.81. The number of nitrogens with one attached hydrogen (secondary N) is 1. The first-order valence-electron chi connectivity index (χ1n) is 7.21. The number of carbonyl (C=O) groups is 1. The number of hydrogen-bond acceptors (Lipinski definition) is 3. The summed E-state index contributed by atoms with van der Waals surface area (Å²) in [5, 5.41) is 3.37. The Morgan fingerprint density at radius 1 is 1.47 bits per heavy atom. The summed E-state index contributed by atoms with van der Waals surface area (Å²) in [7, 11) is 0. The van der Waals surface area contributed by atoms with Gasteiger partial charge in [-0.3, -0.25) is 9.78 Å². The molecule has 1 N–H and O–H groups in total. The van der Waals surface area contributed by atoms with Crippen LogP contribution >= 0.6 is 0 Å². The molecule has 0 aromatic carbocycles.